The van der Waals surface area contributed by atoms with E-state index in [1.807, 2.05) is 6.92 Å². The van der Waals surface area contributed by atoms with Crippen LogP contribution in [0.15, 0.2) is 5.03 Å². The average molecular weight is 312 g/mol. The SMILES string of the molecule is CCc1nc(C)c(C(=O)O)c(SCC(=O)NNC(C)=O)n1. The van der Waals surface area contributed by atoms with E-state index in [0.29, 0.717) is 17.9 Å². The first-order valence-corrected chi connectivity index (χ1v) is 7.12. The zero-order valence-electron chi connectivity index (χ0n) is 11.9. The van der Waals surface area contributed by atoms with Crippen molar-refractivity contribution in [3.63, 3.8) is 0 Å². The Morgan fingerprint density at radius 3 is 2.43 bits per heavy atom. The van der Waals surface area contributed by atoms with Crippen molar-refractivity contribution >= 4 is 29.5 Å². The molecule has 21 heavy (non-hydrogen) atoms. The molecule has 0 aliphatic carbocycles. The number of hydrogen-bond donors (Lipinski definition) is 3. The first-order valence-electron chi connectivity index (χ1n) is 6.14. The minimum absolute atomic E-state index is 0.00970. The van der Waals surface area contributed by atoms with Crippen LogP contribution < -0.4 is 10.9 Å². The molecule has 0 fully saturated rings. The predicted molar refractivity (Wildman–Crippen MR) is 75.8 cm³/mol. The van der Waals surface area contributed by atoms with E-state index in [1.165, 1.54) is 6.92 Å². The Kier molecular flexibility index (Phi) is 6.10. The normalized spacial score (nSPS) is 10.0. The van der Waals surface area contributed by atoms with Gasteiger partial charge < -0.3 is 5.11 Å². The van der Waals surface area contributed by atoms with E-state index in [-0.39, 0.29) is 16.3 Å². The molecule has 2 amide bonds. The monoisotopic (exact) mass is 312 g/mol. The van der Waals surface area contributed by atoms with Crippen molar-refractivity contribution < 1.29 is 19.5 Å². The summed E-state index contributed by atoms with van der Waals surface area (Å²) in [6.07, 6.45) is 0.562. The molecular weight excluding hydrogens is 296 g/mol. The quantitative estimate of drug-likeness (QED) is 0.406. The van der Waals surface area contributed by atoms with Crippen LogP contribution in [-0.2, 0) is 16.0 Å². The van der Waals surface area contributed by atoms with E-state index in [0.717, 1.165) is 11.8 Å². The number of amides is 2. The highest BCUT2D eigenvalue weighted by Gasteiger charge is 2.19. The van der Waals surface area contributed by atoms with Crippen LogP contribution in [0.1, 0.15) is 35.7 Å². The third kappa shape index (κ3) is 5.03. The van der Waals surface area contributed by atoms with Crippen LogP contribution in [0.2, 0.25) is 0 Å². The Bertz CT molecular complexity index is 577. The van der Waals surface area contributed by atoms with E-state index in [2.05, 4.69) is 20.8 Å². The Labute approximate surface area is 125 Å². The highest BCUT2D eigenvalue weighted by atomic mass is 32.2. The van der Waals surface area contributed by atoms with Gasteiger partial charge >= 0.3 is 5.97 Å². The third-order valence-corrected chi connectivity index (χ3v) is 3.33. The summed E-state index contributed by atoms with van der Waals surface area (Å²) in [7, 11) is 0. The lowest BCUT2D eigenvalue weighted by molar-refractivity contribution is -0.126. The fraction of sp³-hybridized carbons (Fsp3) is 0.417. The summed E-state index contributed by atoms with van der Waals surface area (Å²) in [5.74, 6) is -1.55. The number of aromatic nitrogens is 2. The maximum Gasteiger partial charge on any atom is 0.340 e. The molecule has 1 rings (SSSR count). The second-order valence-corrected chi connectivity index (χ2v) is 5.05. The van der Waals surface area contributed by atoms with Gasteiger partial charge in [0.2, 0.25) is 11.8 Å². The molecule has 0 spiro atoms. The Balaban J connectivity index is 2.86. The van der Waals surface area contributed by atoms with Gasteiger partial charge in [0, 0.05) is 13.3 Å². The maximum atomic E-state index is 11.5. The van der Waals surface area contributed by atoms with Gasteiger partial charge in [-0.15, -0.1) is 0 Å². The number of nitrogens with zero attached hydrogens (tertiary/aromatic N) is 2. The molecule has 0 unspecified atom stereocenters. The molecular formula is C12H16N4O4S. The molecule has 0 saturated carbocycles. The predicted octanol–water partition coefficient (Wildman–Crippen LogP) is 0.305. The van der Waals surface area contributed by atoms with E-state index in [4.69, 9.17) is 0 Å². The third-order valence-electron chi connectivity index (χ3n) is 2.35. The number of thioether (sulfide) groups is 1. The zero-order chi connectivity index (χ0) is 16.0. The number of rotatable bonds is 5. The fourth-order valence-corrected chi connectivity index (χ4v) is 2.33. The minimum Gasteiger partial charge on any atom is -0.478 e. The number of aromatic carboxylic acids is 1. The average Bonchev–Trinajstić information content (AvgIpc) is 2.41. The number of carboxylic acids is 1. The van der Waals surface area contributed by atoms with Crippen LogP contribution in [0.5, 0.6) is 0 Å². The van der Waals surface area contributed by atoms with Crippen LogP contribution in [0.3, 0.4) is 0 Å². The largest absolute Gasteiger partial charge is 0.478 e. The number of carboxylic acid groups (broad SMARTS) is 1. The van der Waals surface area contributed by atoms with Gasteiger partial charge in [-0.05, 0) is 6.92 Å². The summed E-state index contributed by atoms with van der Waals surface area (Å²) in [5, 5.41) is 9.44. The first-order chi connectivity index (χ1) is 9.85. The lowest BCUT2D eigenvalue weighted by Gasteiger charge is -2.09. The van der Waals surface area contributed by atoms with Crippen LogP contribution in [-0.4, -0.2) is 38.6 Å². The molecule has 0 aliphatic rings. The second-order valence-electron chi connectivity index (χ2n) is 4.08. The van der Waals surface area contributed by atoms with Crippen LogP contribution in [0.25, 0.3) is 0 Å². The summed E-state index contributed by atoms with van der Waals surface area (Å²) >= 11 is 0.984. The molecule has 9 heteroatoms. The number of hydrazine groups is 1. The zero-order valence-corrected chi connectivity index (χ0v) is 12.7. The number of carbonyl (C=O) groups is 3. The molecule has 0 saturated heterocycles. The first kappa shape index (κ1) is 16.9. The van der Waals surface area contributed by atoms with Crippen molar-refractivity contribution in [1.82, 2.24) is 20.8 Å². The number of hydrogen-bond acceptors (Lipinski definition) is 6. The van der Waals surface area contributed by atoms with Crippen molar-refractivity contribution in [1.29, 1.82) is 0 Å². The van der Waals surface area contributed by atoms with Gasteiger partial charge in [-0.25, -0.2) is 14.8 Å². The molecule has 114 valence electrons. The number of carbonyl (C=O) groups excluding carboxylic acids is 2. The molecule has 0 radical (unpaired) electrons. The highest BCUT2D eigenvalue weighted by molar-refractivity contribution is 8.00. The lowest BCUT2D eigenvalue weighted by atomic mass is 10.2. The summed E-state index contributed by atoms with van der Waals surface area (Å²) in [6.45, 7) is 4.70. The molecule has 3 N–H and O–H groups in total. The van der Waals surface area contributed by atoms with Crippen LogP contribution in [0, 0.1) is 6.92 Å². The second kappa shape index (κ2) is 7.58. The fourth-order valence-electron chi connectivity index (χ4n) is 1.44. The van der Waals surface area contributed by atoms with Crippen LogP contribution in [0.4, 0.5) is 0 Å². The molecule has 8 nitrogen and oxygen atoms in total. The maximum absolute atomic E-state index is 11.5. The van der Waals surface area contributed by atoms with Gasteiger partial charge in [0.25, 0.3) is 0 Å². The Morgan fingerprint density at radius 2 is 1.90 bits per heavy atom. The van der Waals surface area contributed by atoms with Gasteiger partial charge in [0.15, 0.2) is 0 Å². The summed E-state index contributed by atoms with van der Waals surface area (Å²) in [6, 6.07) is 0. The molecule has 0 bridgehead atoms. The summed E-state index contributed by atoms with van der Waals surface area (Å²) in [5.41, 5.74) is 4.70. The van der Waals surface area contributed by atoms with E-state index in [9.17, 15) is 19.5 Å². The van der Waals surface area contributed by atoms with Gasteiger partial charge in [-0.1, -0.05) is 18.7 Å². The Morgan fingerprint density at radius 1 is 1.24 bits per heavy atom. The van der Waals surface area contributed by atoms with E-state index < -0.39 is 17.8 Å². The van der Waals surface area contributed by atoms with Gasteiger partial charge in [-0.2, -0.15) is 0 Å². The minimum atomic E-state index is -1.14. The number of nitrogens with one attached hydrogen (secondary N) is 2. The van der Waals surface area contributed by atoms with Gasteiger partial charge in [0.05, 0.1) is 11.4 Å². The molecule has 1 heterocycles. The molecule has 0 aromatic carbocycles. The highest BCUT2D eigenvalue weighted by Crippen LogP contribution is 2.22. The number of aryl methyl sites for hydroxylation is 2. The van der Waals surface area contributed by atoms with Crippen LogP contribution >= 0.6 is 11.8 Å². The van der Waals surface area contributed by atoms with Gasteiger partial charge in [0.1, 0.15) is 16.4 Å². The van der Waals surface area contributed by atoms with E-state index >= 15 is 0 Å². The lowest BCUT2D eigenvalue weighted by Crippen LogP contribution is -2.41. The molecule has 1 aromatic rings. The van der Waals surface area contributed by atoms with Crippen molar-refractivity contribution in [2.45, 2.75) is 32.2 Å². The van der Waals surface area contributed by atoms with Crippen molar-refractivity contribution in [2.24, 2.45) is 0 Å². The molecule has 1 aromatic heterocycles. The van der Waals surface area contributed by atoms with Crippen molar-refractivity contribution in [3.8, 4) is 0 Å². The summed E-state index contributed by atoms with van der Waals surface area (Å²) in [4.78, 5) is 41.7. The topological polar surface area (TPSA) is 121 Å². The molecule has 0 atom stereocenters. The van der Waals surface area contributed by atoms with Crippen molar-refractivity contribution in [3.05, 3.63) is 17.1 Å². The van der Waals surface area contributed by atoms with Gasteiger partial charge in [-0.3, -0.25) is 20.4 Å². The summed E-state index contributed by atoms with van der Waals surface area (Å²) < 4.78 is 0. The smallest absolute Gasteiger partial charge is 0.340 e. The Hall–Kier alpha value is -2.16. The standard InChI is InChI=1S/C12H16N4O4S/c1-4-8-13-6(2)10(12(19)20)11(14-8)21-5-9(18)16-15-7(3)17/h4-5H2,1-3H3,(H,15,17)(H,16,18)(H,19,20). The van der Waals surface area contributed by atoms with Crippen molar-refractivity contribution in [2.75, 3.05) is 5.75 Å². The van der Waals surface area contributed by atoms with E-state index in [1.54, 1.807) is 6.92 Å². The molecule has 0 aliphatic heterocycles.